The van der Waals surface area contributed by atoms with Crippen LogP contribution in [0.3, 0.4) is 0 Å². The van der Waals surface area contributed by atoms with Crippen molar-refractivity contribution in [1.29, 1.82) is 0 Å². The summed E-state index contributed by atoms with van der Waals surface area (Å²) in [5.74, 6) is -5.51. The summed E-state index contributed by atoms with van der Waals surface area (Å²) >= 11 is 0. The third-order valence-electron chi connectivity index (χ3n) is 5.55. The summed E-state index contributed by atoms with van der Waals surface area (Å²) in [6.07, 6.45) is -3.90. The number of carbonyl (C=O) groups is 2. The van der Waals surface area contributed by atoms with Crippen LogP contribution >= 0.6 is 0 Å². The lowest BCUT2D eigenvalue weighted by Crippen LogP contribution is -2.51. The Morgan fingerprint density at radius 3 is 2.05 bits per heavy atom. The predicted molar refractivity (Wildman–Crippen MR) is 120 cm³/mol. The fraction of sp³-hybridized carbons (Fsp3) is 0.458. The molecule has 8 nitrogen and oxygen atoms in total. The highest BCUT2D eigenvalue weighted by atomic mass is 19.4. The van der Waals surface area contributed by atoms with Gasteiger partial charge in [0.15, 0.2) is 0 Å². The van der Waals surface area contributed by atoms with Crippen LogP contribution in [0.15, 0.2) is 54.9 Å². The van der Waals surface area contributed by atoms with E-state index in [0.29, 0.717) is 12.6 Å². The molecule has 0 radical (unpaired) electrons. The molecule has 0 spiro atoms. The van der Waals surface area contributed by atoms with Crippen molar-refractivity contribution in [3.8, 4) is 0 Å². The van der Waals surface area contributed by atoms with E-state index in [1.807, 2.05) is 12.3 Å². The van der Waals surface area contributed by atoms with Gasteiger partial charge in [0, 0.05) is 31.5 Å². The maximum Gasteiger partial charge on any atom is 0.490 e. The van der Waals surface area contributed by atoms with Gasteiger partial charge in [-0.3, -0.25) is 9.88 Å². The number of morpholine rings is 1. The van der Waals surface area contributed by atoms with Crippen molar-refractivity contribution in [3.63, 3.8) is 0 Å². The number of rotatable bonds is 5. The molecule has 1 aromatic heterocycles. The number of hydrogen-bond acceptors (Lipinski definition) is 6. The summed E-state index contributed by atoms with van der Waals surface area (Å²) in [6.45, 7) is 3.41. The smallest absolute Gasteiger partial charge is 0.475 e. The monoisotopic (exact) mass is 552 g/mol. The third kappa shape index (κ3) is 10.3. The van der Waals surface area contributed by atoms with Gasteiger partial charge in [-0.1, -0.05) is 36.4 Å². The molecule has 2 aliphatic rings. The van der Waals surface area contributed by atoms with E-state index < -0.39 is 24.3 Å². The predicted octanol–water partition coefficient (Wildman–Crippen LogP) is 4.30. The second-order valence-corrected chi connectivity index (χ2v) is 8.25. The van der Waals surface area contributed by atoms with Crippen molar-refractivity contribution in [2.24, 2.45) is 0 Å². The number of benzene rings is 1. The van der Waals surface area contributed by atoms with Crippen molar-refractivity contribution in [1.82, 2.24) is 9.88 Å². The van der Waals surface area contributed by atoms with Crippen LogP contribution in [0, 0.1) is 0 Å². The van der Waals surface area contributed by atoms with E-state index in [2.05, 4.69) is 46.3 Å². The largest absolute Gasteiger partial charge is 0.490 e. The minimum absolute atomic E-state index is 0.189. The van der Waals surface area contributed by atoms with Gasteiger partial charge in [-0.05, 0) is 30.0 Å². The summed E-state index contributed by atoms with van der Waals surface area (Å²) in [4.78, 5) is 24.5. The molecular formula is C24H26F6N2O6. The summed E-state index contributed by atoms with van der Waals surface area (Å²) < 4.78 is 75.7. The van der Waals surface area contributed by atoms with Crippen molar-refractivity contribution < 1.29 is 55.6 Å². The van der Waals surface area contributed by atoms with Crippen LogP contribution in [0.5, 0.6) is 0 Å². The zero-order valence-corrected chi connectivity index (χ0v) is 19.9. The van der Waals surface area contributed by atoms with Crippen LogP contribution in [-0.4, -0.2) is 75.8 Å². The molecular weight excluding hydrogens is 526 g/mol. The summed E-state index contributed by atoms with van der Waals surface area (Å²) in [7, 11) is 0. The number of aromatic nitrogens is 1. The molecule has 14 heteroatoms. The fourth-order valence-corrected chi connectivity index (χ4v) is 3.87. The molecule has 2 fully saturated rings. The van der Waals surface area contributed by atoms with Crippen LogP contribution in [0.25, 0.3) is 0 Å². The number of ether oxygens (including phenoxy) is 2. The van der Waals surface area contributed by atoms with Gasteiger partial charge in [0.25, 0.3) is 0 Å². The maximum absolute atomic E-state index is 10.6. The van der Waals surface area contributed by atoms with Crippen molar-refractivity contribution in [3.05, 3.63) is 66.0 Å². The van der Waals surface area contributed by atoms with E-state index in [-0.39, 0.29) is 12.2 Å². The number of carboxylic acids is 2. The van der Waals surface area contributed by atoms with Crippen LogP contribution in [0.1, 0.15) is 24.0 Å². The van der Waals surface area contributed by atoms with Gasteiger partial charge >= 0.3 is 24.3 Å². The van der Waals surface area contributed by atoms with Gasteiger partial charge in [-0.15, -0.1) is 0 Å². The van der Waals surface area contributed by atoms with E-state index in [0.717, 1.165) is 38.1 Å². The normalized spacial score (nSPS) is 21.3. The second kappa shape index (κ2) is 14.1. The Morgan fingerprint density at radius 2 is 1.53 bits per heavy atom. The first-order chi connectivity index (χ1) is 17.8. The topological polar surface area (TPSA) is 109 Å². The molecule has 4 rings (SSSR count). The molecule has 2 heterocycles. The zero-order valence-electron chi connectivity index (χ0n) is 19.9. The average Bonchev–Trinajstić information content (AvgIpc) is 3.28. The van der Waals surface area contributed by atoms with Crippen molar-refractivity contribution in [2.75, 3.05) is 13.2 Å². The van der Waals surface area contributed by atoms with Crippen LogP contribution in [0.2, 0.25) is 0 Å². The molecule has 0 amide bonds. The molecule has 1 saturated carbocycles. The van der Waals surface area contributed by atoms with Crippen LogP contribution in [0.4, 0.5) is 26.3 Å². The summed E-state index contributed by atoms with van der Waals surface area (Å²) in [5.41, 5.74) is 2.50. The highest BCUT2D eigenvalue weighted by Crippen LogP contribution is 2.33. The minimum Gasteiger partial charge on any atom is -0.475 e. The Balaban J connectivity index is 0.000000301. The fourth-order valence-electron chi connectivity index (χ4n) is 3.87. The first-order valence-electron chi connectivity index (χ1n) is 11.3. The Morgan fingerprint density at radius 1 is 0.947 bits per heavy atom. The lowest BCUT2D eigenvalue weighted by Gasteiger charge is -2.39. The Kier molecular flexibility index (Phi) is 11.5. The number of nitrogens with zero attached hydrogens (tertiary/aromatic N) is 2. The van der Waals surface area contributed by atoms with Gasteiger partial charge in [-0.2, -0.15) is 26.3 Å². The number of halogens is 6. The van der Waals surface area contributed by atoms with Crippen molar-refractivity contribution in [2.45, 2.75) is 56.6 Å². The van der Waals surface area contributed by atoms with E-state index in [9.17, 15) is 26.3 Å². The average molecular weight is 552 g/mol. The Hall–Kier alpha value is -3.23. The molecule has 1 aliphatic heterocycles. The lowest BCUT2D eigenvalue weighted by molar-refractivity contribution is -0.193. The molecule has 1 aromatic carbocycles. The Labute approximate surface area is 213 Å². The minimum atomic E-state index is -5.08. The molecule has 0 unspecified atom stereocenters. The molecule has 2 aromatic rings. The second-order valence-electron chi connectivity index (χ2n) is 8.25. The molecule has 38 heavy (non-hydrogen) atoms. The Bertz CT molecular complexity index is 983. The molecule has 1 saturated heterocycles. The zero-order chi connectivity index (χ0) is 28.3. The molecule has 1 aliphatic carbocycles. The van der Waals surface area contributed by atoms with Gasteiger partial charge in [0.05, 0.1) is 25.4 Å². The lowest BCUT2D eigenvalue weighted by atomic mass is 10.1. The molecule has 210 valence electrons. The van der Waals surface area contributed by atoms with E-state index in [1.54, 1.807) is 6.20 Å². The number of aliphatic carboxylic acids is 2. The van der Waals surface area contributed by atoms with Gasteiger partial charge in [0.1, 0.15) is 0 Å². The first kappa shape index (κ1) is 31.0. The van der Waals surface area contributed by atoms with Gasteiger partial charge < -0.3 is 19.7 Å². The third-order valence-corrected chi connectivity index (χ3v) is 5.55. The van der Waals surface area contributed by atoms with E-state index >= 15 is 0 Å². The maximum atomic E-state index is 10.6. The number of alkyl halides is 6. The van der Waals surface area contributed by atoms with E-state index in [1.165, 1.54) is 5.56 Å². The molecule has 3 atom stereocenters. The number of fused-ring (bicyclic) bond motifs is 1. The molecule has 0 bridgehead atoms. The summed E-state index contributed by atoms with van der Waals surface area (Å²) in [6, 6.07) is 15.2. The number of hydrogen-bond donors (Lipinski definition) is 2. The quantitative estimate of drug-likeness (QED) is 0.529. The first-order valence-corrected chi connectivity index (χ1v) is 11.3. The van der Waals surface area contributed by atoms with E-state index in [4.69, 9.17) is 29.3 Å². The van der Waals surface area contributed by atoms with Crippen LogP contribution in [-0.2, 0) is 32.2 Å². The standard InChI is InChI=1S/C20H24N2O2.2C2HF3O2/c1-2-5-16(6-3-1)14-22-11-12-23-20-18(22)8-9-19(20)24-15-17-7-4-10-21-13-17;2*3-2(4,5)1(6)7/h1-7,10,13,18-20H,8-9,11-12,14-15H2;2*(H,6,7)/t18-,19-,20+;;/m0../s1. The number of carboxylic acid groups (broad SMARTS) is 2. The van der Waals surface area contributed by atoms with Crippen LogP contribution < -0.4 is 0 Å². The van der Waals surface area contributed by atoms with Gasteiger partial charge in [-0.25, -0.2) is 9.59 Å². The SMILES string of the molecule is O=C(O)C(F)(F)F.O=C(O)C(F)(F)F.c1ccc(CN2CCO[C@H]3[C@@H](OCc4cccnc4)CC[C@@H]32)cc1. The number of pyridine rings is 1. The van der Waals surface area contributed by atoms with Crippen molar-refractivity contribution >= 4 is 11.9 Å². The van der Waals surface area contributed by atoms with Gasteiger partial charge in [0.2, 0.25) is 0 Å². The highest BCUT2D eigenvalue weighted by molar-refractivity contribution is 5.73. The highest BCUT2D eigenvalue weighted by Gasteiger charge is 2.43. The summed E-state index contributed by atoms with van der Waals surface area (Å²) in [5, 5.41) is 14.2. The molecule has 2 N–H and O–H groups in total.